The van der Waals surface area contributed by atoms with Crippen molar-refractivity contribution in [3.05, 3.63) is 28.2 Å². The van der Waals surface area contributed by atoms with Gasteiger partial charge in [-0.3, -0.25) is 0 Å². The summed E-state index contributed by atoms with van der Waals surface area (Å²) in [4.78, 5) is 12.0. The van der Waals surface area contributed by atoms with Crippen molar-refractivity contribution < 1.29 is 22.7 Å². The van der Waals surface area contributed by atoms with E-state index in [9.17, 15) is 18.0 Å². The predicted octanol–water partition coefficient (Wildman–Crippen LogP) is 5.46. The zero-order chi connectivity index (χ0) is 19.5. The molecular weight excluding hydrogens is 433 g/mol. The van der Waals surface area contributed by atoms with Gasteiger partial charge < -0.3 is 10.1 Å². The monoisotopic (exact) mass is 454 g/mol. The first-order valence-corrected chi connectivity index (χ1v) is 9.80. The van der Waals surface area contributed by atoms with Crippen LogP contribution in [0.5, 0.6) is 0 Å². The van der Waals surface area contributed by atoms with E-state index in [1.54, 1.807) is 26.8 Å². The van der Waals surface area contributed by atoms with Crippen LogP contribution >= 0.6 is 27.9 Å². The van der Waals surface area contributed by atoms with E-state index in [-0.39, 0.29) is 15.4 Å². The first-order valence-electron chi connectivity index (χ1n) is 8.24. The van der Waals surface area contributed by atoms with Crippen molar-refractivity contribution in [2.45, 2.75) is 56.3 Å². The number of hydrogen-bond donors (Lipinski definition) is 1. The molecule has 1 fully saturated rings. The third-order valence-corrected chi connectivity index (χ3v) is 5.48. The molecule has 0 unspecified atom stereocenters. The quantitative estimate of drug-likeness (QED) is 0.615. The van der Waals surface area contributed by atoms with Crippen LogP contribution in [0, 0.1) is 0 Å². The number of alkyl carbamates (subject to hydrolysis) is 1. The summed E-state index contributed by atoms with van der Waals surface area (Å²) < 4.78 is 47.0. The largest absolute Gasteiger partial charge is 0.444 e. The second-order valence-corrected chi connectivity index (χ2v) is 9.04. The summed E-state index contributed by atoms with van der Waals surface area (Å²) in [6, 6.07) is 4.43. The maximum absolute atomic E-state index is 13.3. The fourth-order valence-corrected chi connectivity index (χ4v) is 4.41. The van der Waals surface area contributed by atoms with Crippen LogP contribution in [0.15, 0.2) is 27.6 Å². The molecule has 0 aromatic heterocycles. The molecular formula is C17H22BrF3N2O2S. The molecule has 1 N–H and O–H groups in total. The maximum Gasteiger partial charge on any atom is 0.418 e. The van der Waals surface area contributed by atoms with Crippen LogP contribution in [0.1, 0.15) is 39.2 Å². The van der Waals surface area contributed by atoms with E-state index in [1.165, 1.54) is 12.1 Å². The molecule has 1 heterocycles. The number of nitrogens with one attached hydrogen (secondary N) is 1. The molecule has 0 radical (unpaired) electrons. The number of hydrogen-bond acceptors (Lipinski definition) is 4. The van der Waals surface area contributed by atoms with Crippen LogP contribution in [-0.4, -0.2) is 35.1 Å². The van der Waals surface area contributed by atoms with Crippen LogP contribution in [0.4, 0.5) is 18.0 Å². The van der Waals surface area contributed by atoms with Crippen LogP contribution in [0.3, 0.4) is 0 Å². The van der Waals surface area contributed by atoms with E-state index in [2.05, 4.69) is 21.2 Å². The number of nitrogens with zero attached hydrogens (tertiary/aromatic N) is 1. The summed E-state index contributed by atoms with van der Waals surface area (Å²) in [6.07, 6.45) is -3.57. The highest BCUT2D eigenvalue weighted by atomic mass is 79.9. The van der Waals surface area contributed by atoms with Crippen molar-refractivity contribution in [1.82, 2.24) is 9.62 Å². The normalized spacial score (nSPS) is 17.2. The minimum Gasteiger partial charge on any atom is -0.444 e. The van der Waals surface area contributed by atoms with Gasteiger partial charge >= 0.3 is 12.3 Å². The average molecular weight is 455 g/mol. The van der Waals surface area contributed by atoms with Crippen LogP contribution in [0.2, 0.25) is 0 Å². The Morgan fingerprint density at radius 3 is 2.42 bits per heavy atom. The molecule has 1 aromatic carbocycles. The minimum atomic E-state index is -4.42. The molecule has 4 nitrogen and oxygen atoms in total. The molecule has 1 saturated heterocycles. The standard InChI is InChI=1S/C17H22BrF3N2O2S/c1-16(2,3)25-15(24)22-11-7-9-23(10-8-11)26-13-6-4-5-12(18)14(13)17(19,20)21/h4-6,11H,7-10H2,1-3H3,(H,22,24). The molecule has 1 aliphatic heterocycles. The molecule has 0 saturated carbocycles. The number of ether oxygens (including phenoxy) is 1. The highest BCUT2D eigenvalue weighted by Crippen LogP contribution is 2.42. The SMILES string of the molecule is CC(C)(C)OC(=O)NC1CCN(Sc2cccc(Br)c2C(F)(F)F)CC1. The van der Waals surface area contributed by atoms with Crippen LogP contribution in [-0.2, 0) is 10.9 Å². The Kier molecular flexibility index (Phi) is 6.90. The Balaban J connectivity index is 1.92. The minimum absolute atomic E-state index is 0.0358. The lowest BCUT2D eigenvalue weighted by Crippen LogP contribution is -2.44. The van der Waals surface area contributed by atoms with Gasteiger partial charge in [-0.2, -0.15) is 13.2 Å². The third kappa shape index (κ3) is 6.35. The highest BCUT2D eigenvalue weighted by molar-refractivity contribution is 9.10. The number of rotatable bonds is 3. The summed E-state index contributed by atoms with van der Waals surface area (Å²) in [7, 11) is 0. The van der Waals surface area contributed by atoms with Crippen molar-refractivity contribution in [3.63, 3.8) is 0 Å². The average Bonchev–Trinajstić information content (AvgIpc) is 2.46. The predicted molar refractivity (Wildman–Crippen MR) is 99.0 cm³/mol. The fraction of sp³-hybridized carbons (Fsp3) is 0.588. The van der Waals surface area contributed by atoms with Gasteiger partial charge in [0.25, 0.3) is 0 Å². The lowest BCUT2D eigenvalue weighted by Gasteiger charge is -2.32. The molecule has 1 amide bonds. The number of piperidine rings is 1. The van der Waals surface area contributed by atoms with Crippen molar-refractivity contribution in [3.8, 4) is 0 Å². The second-order valence-electron chi connectivity index (χ2n) is 7.05. The van der Waals surface area contributed by atoms with Crippen molar-refractivity contribution in [1.29, 1.82) is 0 Å². The molecule has 9 heteroatoms. The lowest BCUT2D eigenvalue weighted by molar-refractivity contribution is -0.140. The number of carbonyl (C=O) groups is 1. The Labute approximate surface area is 164 Å². The Morgan fingerprint density at radius 1 is 1.27 bits per heavy atom. The van der Waals surface area contributed by atoms with Crippen molar-refractivity contribution >= 4 is 34.0 Å². The van der Waals surface area contributed by atoms with E-state index < -0.39 is 23.4 Å². The van der Waals surface area contributed by atoms with E-state index in [0.29, 0.717) is 25.9 Å². The first-order chi connectivity index (χ1) is 12.0. The Bertz CT molecular complexity index is 642. The molecule has 0 atom stereocenters. The number of benzene rings is 1. The Morgan fingerprint density at radius 2 is 1.88 bits per heavy atom. The summed E-state index contributed by atoms with van der Waals surface area (Å²) >= 11 is 4.10. The number of carbonyl (C=O) groups excluding carboxylic acids is 1. The van der Waals surface area contributed by atoms with Gasteiger partial charge in [0, 0.05) is 28.5 Å². The molecule has 0 spiro atoms. The molecule has 146 valence electrons. The van der Waals surface area contributed by atoms with Gasteiger partial charge in [0.1, 0.15) is 5.60 Å². The third-order valence-electron chi connectivity index (χ3n) is 3.66. The van der Waals surface area contributed by atoms with E-state index in [1.807, 2.05) is 4.31 Å². The molecule has 26 heavy (non-hydrogen) atoms. The summed E-state index contributed by atoms with van der Waals surface area (Å²) in [5, 5.41) is 2.82. The zero-order valence-electron chi connectivity index (χ0n) is 14.8. The second kappa shape index (κ2) is 8.39. The van der Waals surface area contributed by atoms with E-state index in [4.69, 9.17) is 4.74 Å². The van der Waals surface area contributed by atoms with Gasteiger partial charge in [-0.05, 0) is 57.7 Å². The van der Waals surface area contributed by atoms with Gasteiger partial charge in [0.05, 0.1) is 5.56 Å². The topological polar surface area (TPSA) is 41.6 Å². The molecule has 1 aliphatic rings. The van der Waals surface area contributed by atoms with E-state index >= 15 is 0 Å². The maximum atomic E-state index is 13.3. The fourth-order valence-electron chi connectivity index (χ4n) is 2.56. The number of amides is 1. The zero-order valence-corrected chi connectivity index (χ0v) is 17.2. The van der Waals surface area contributed by atoms with Gasteiger partial charge in [-0.15, -0.1) is 0 Å². The number of alkyl halides is 3. The molecule has 0 aliphatic carbocycles. The summed E-state index contributed by atoms with van der Waals surface area (Å²) in [6.45, 7) is 6.54. The van der Waals surface area contributed by atoms with Crippen molar-refractivity contribution in [2.24, 2.45) is 0 Å². The van der Waals surface area contributed by atoms with E-state index in [0.717, 1.165) is 11.9 Å². The summed E-state index contributed by atoms with van der Waals surface area (Å²) in [5.41, 5.74) is -1.21. The molecule has 0 bridgehead atoms. The van der Waals surface area contributed by atoms with Gasteiger partial charge in [-0.25, -0.2) is 9.10 Å². The van der Waals surface area contributed by atoms with Gasteiger partial charge in [-0.1, -0.05) is 22.0 Å². The van der Waals surface area contributed by atoms with Crippen molar-refractivity contribution in [2.75, 3.05) is 13.1 Å². The van der Waals surface area contributed by atoms with Gasteiger partial charge in [0.15, 0.2) is 0 Å². The smallest absolute Gasteiger partial charge is 0.418 e. The first kappa shape index (κ1) is 21.4. The number of halogens is 4. The van der Waals surface area contributed by atoms with Gasteiger partial charge in [0.2, 0.25) is 0 Å². The highest BCUT2D eigenvalue weighted by Gasteiger charge is 2.36. The molecule has 1 aromatic rings. The Hall–Kier alpha value is -0.930. The summed E-state index contributed by atoms with van der Waals surface area (Å²) in [5.74, 6) is 0. The van der Waals surface area contributed by atoms with Crippen LogP contribution < -0.4 is 5.32 Å². The van der Waals surface area contributed by atoms with Crippen LogP contribution in [0.25, 0.3) is 0 Å². The molecule has 2 rings (SSSR count). The lowest BCUT2D eigenvalue weighted by atomic mass is 10.1.